The highest BCUT2D eigenvalue weighted by atomic mass is 16.6. The number of imide groups is 1. The number of carbonyl (C=O) groups excluding carboxylic acids is 2. The highest BCUT2D eigenvalue weighted by Gasteiger charge is 2.37. The molecule has 3 rings (SSSR count). The molecule has 0 aromatic heterocycles. The zero-order valence-electron chi connectivity index (χ0n) is 12.2. The van der Waals surface area contributed by atoms with Crippen LogP contribution < -0.4 is 0 Å². The van der Waals surface area contributed by atoms with E-state index in [1.54, 1.807) is 6.07 Å². The Labute approximate surface area is 132 Å². The molecule has 2 aromatic carbocycles. The molecule has 0 saturated carbocycles. The van der Waals surface area contributed by atoms with Crippen LogP contribution in [0.2, 0.25) is 0 Å². The largest absolute Gasteiger partial charge is 0.282 e. The summed E-state index contributed by atoms with van der Waals surface area (Å²) in [6.07, 6.45) is 0.233. The minimum absolute atomic E-state index is 0.0560. The molecule has 6 nitrogen and oxygen atoms in total. The summed E-state index contributed by atoms with van der Waals surface area (Å²) in [6, 6.07) is 15.2. The molecular weight excluding hydrogens is 296 g/mol. The molecule has 1 fully saturated rings. The van der Waals surface area contributed by atoms with Crippen molar-refractivity contribution in [1.82, 2.24) is 4.90 Å². The zero-order chi connectivity index (χ0) is 16.4. The molecule has 6 heteroatoms. The van der Waals surface area contributed by atoms with Gasteiger partial charge in [0.15, 0.2) is 0 Å². The van der Waals surface area contributed by atoms with Crippen LogP contribution in [-0.2, 0) is 4.79 Å². The Kier molecular flexibility index (Phi) is 3.89. The Bertz CT molecular complexity index is 773. The van der Waals surface area contributed by atoms with Crippen molar-refractivity contribution in [2.45, 2.75) is 12.3 Å². The van der Waals surface area contributed by atoms with Crippen molar-refractivity contribution in [1.29, 1.82) is 0 Å². The highest BCUT2D eigenvalue weighted by Crippen LogP contribution is 2.30. The van der Waals surface area contributed by atoms with Gasteiger partial charge in [-0.1, -0.05) is 42.5 Å². The number of likely N-dealkylation sites (tertiary alicyclic amines) is 1. The fourth-order valence-electron chi connectivity index (χ4n) is 2.81. The summed E-state index contributed by atoms with van der Waals surface area (Å²) >= 11 is 0. The first kappa shape index (κ1) is 14.9. The third kappa shape index (κ3) is 2.83. The van der Waals surface area contributed by atoms with Crippen LogP contribution >= 0.6 is 0 Å². The van der Waals surface area contributed by atoms with Crippen LogP contribution in [0.5, 0.6) is 0 Å². The third-order valence-electron chi connectivity index (χ3n) is 3.97. The predicted molar refractivity (Wildman–Crippen MR) is 82.9 cm³/mol. The zero-order valence-corrected chi connectivity index (χ0v) is 12.2. The summed E-state index contributed by atoms with van der Waals surface area (Å²) < 4.78 is 0. The molecule has 116 valence electrons. The molecule has 0 radical (unpaired) electrons. The second-order valence-corrected chi connectivity index (χ2v) is 5.40. The van der Waals surface area contributed by atoms with Gasteiger partial charge in [-0.05, 0) is 11.6 Å². The Morgan fingerprint density at radius 1 is 1.09 bits per heavy atom. The van der Waals surface area contributed by atoms with Crippen LogP contribution in [0.4, 0.5) is 5.69 Å². The van der Waals surface area contributed by atoms with E-state index in [9.17, 15) is 19.7 Å². The van der Waals surface area contributed by atoms with Gasteiger partial charge in [0.25, 0.3) is 11.6 Å². The molecule has 23 heavy (non-hydrogen) atoms. The van der Waals surface area contributed by atoms with Crippen molar-refractivity contribution >= 4 is 17.5 Å². The minimum Gasteiger partial charge on any atom is -0.278 e. The second-order valence-electron chi connectivity index (χ2n) is 5.40. The lowest BCUT2D eigenvalue weighted by molar-refractivity contribution is -0.385. The molecule has 1 saturated heterocycles. The molecule has 0 N–H and O–H groups in total. The molecular formula is C17H14N2O4. The summed E-state index contributed by atoms with van der Waals surface area (Å²) in [7, 11) is 0. The van der Waals surface area contributed by atoms with E-state index in [2.05, 4.69) is 0 Å². The van der Waals surface area contributed by atoms with E-state index in [4.69, 9.17) is 0 Å². The molecule has 0 spiro atoms. The van der Waals surface area contributed by atoms with Gasteiger partial charge in [-0.15, -0.1) is 0 Å². The lowest BCUT2D eigenvalue weighted by Gasteiger charge is -2.15. The van der Waals surface area contributed by atoms with Crippen LogP contribution in [0.3, 0.4) is 0 Å². The summed E-state index contributed by atoms with van der Waals surface area (Å²) in [5, 5.41) is 11.1. The molecule has 1 aliphatic heterocycles. The maximum absolute atomic E-state index is 12.6. The Morgan fingerprint density at radius 3 is 2.43 bits per heavy atom. The Hall–Kier alpha value is -3.02. The van der Waals surface area contributed by atoms with Crippen molar-refractivity contribution in [3.8, 4) is 0 Å². The highest BCUT2D eigenvalue weighted by molar-refractivity contribution is 6.08. The average Bonchev–Trinajstić information content (AvgIpc) is 2.97. The fraction of sp³-hybridized carbons (Fsp3) is 0.176. The minimum atomic E-state index is -0.610. The topological polar surface area (TPSA) is 80.5 Å². The van der Waals surface area contributed by atoms with Gasteiger partial charge >= 0.3 is 0 Å². The van der Waals surface area contributed by atoms with Crippen LogP contribution in [0.15, 0.2) is 54.6 Å². The van der Waals surface area contributed by atoms with Gasteiger partial charge in [0.2, 0.25) is 5.91 Å². The second kappa shape index (κ2) is 6.00. The van der Waals surface area contributed by atoms with Gasteiger partial charge in [-0.2, -0.15) is 0 Å². The number of hydrogen-bond acceptors (Lipinski definition) is 4. The molecule has 1 atom stereocenters. The molecule has 1 unspecified atom stereocenters. The van der Waals surface area contributed by atoms with E-state index >= 15 is 0 Å². The van der Waals surface area contributed by atoms with Gasteiger partial charge in [0.05, 0.1) is 4.92 Å². The number of nitrogens with zero attached hydrogens (tertiary/aromatic N) is 2. The Morgan fingerprint density at radius 2 is 1.74 bits per heavy atom. The van der Waals surface area contributed by atoms with Gasteiger partial charge in [-0.3, -0.25) is 24.6 Å². The number of hydrogen-bond donors (Lipinski definition) is 0. The number of amides is 2. The molecule has 0 bridgehead atoms. The fourth-order valence-corrected chi connectivity index (χ4v) is 2.81. The van der Waals surface area contributed by atoms with E-state index < -0.39 is 10.8 Å². The van der Waals surface area contributed by atoms with E-state index in [1.165, 1.54) is 18.2 Å². The van der Waals surface area contributed by atoms with Crippen molar-refractivity contribution in [3.63, 3.8) is 0 Å². The summed E-state index contributed by atoms with van der Waals surface area (Å²) in [5.74, 6) is -0.988. The third-order valence-corrected chi connectivity index (χ3v) is 3.97. The maximum atomic E-state index is 12.6. The number of nitro groups is 1. The number of benzene rings is 2. The molecule has 1 heterocycles. The Balaban J connectivity index is 1.87. The summed E-state index contributed by atoms with van der Waals surface area (Å²) in [5.41, 5.74) is 0.645. The number of nitro benzene ring substituents is 1. The van der Waals surface area contributed by atoms with Gasteiger partial charge in [0.1, 0.15) is 5.56 Å². The average molecular weight is 310 g/mol. The lowest BCUT2D eigenvalue weighted by atomic mass is 9.98. The monoisotopic (exact) mass is 310 g/mol. The quantitative estimate of drug-likeness (QED) is 0.496. The van der Waals surface area contributed by atoms with E-state index in [-0.39, 0.29) is 36.0 Å². The van der Waals surface area contributed by atoms with Crippen LogP contribution in [-0.4, -0.2) is 28.2 Å². The molecule has 0 aliphatic carbocycles. The number of para-hydroxylation sites is 1. The van der Waals surface area contributed by atoms with Crippen molar-refractivity contribution in [2.75, 3.05) is 6.54 Å². The van der Waals surface area contributed by atoms with Crippen molar-refractivity contribution < 1.29 is 14.5 Å². The lowest BCUT2D eigenvalue weighted by Crippen LogP contribution is -2.32. The summed E-state index contributed by atoms with van der Waals surface area (Å²) in [6.45, 7) is 0.244. The van der Waals surface area contributed by atoms with E-state index in [1.807, 2.05) is 30.3 Å². The first-order valence-corrected chi connectivity index (χ1v) is 7.21. The van der Waals surface area contributed by atoms with Crippen LogP contribution in [0.25, 0.3) is 0 Å². The van der Waals surface area contributed by atoms with Crippen LogP contribution in [0.1, 0.15) is 28.3 Å². The number of rotatable bonds is 3. The predicted octanol–water partition coefficient (Wildman–Crippen LogP) is 2.75. The number of carbonyl (C=O) groups is 2. The first-order valence-electron chi connectivity index (χ1n) is 7.21. The standard InChI is InChI=1S/C17H14N2O4/c20-16-10-13(12-6-2-1-3-7-12)11-18(16)17(21)14-8-4-5-9-15(14)19(22)23/h1-9,13H,10-11H2. The molecule has 2 aromatic rings. The van der Waals surface area contributed by atoms with Crippen molar-refractivity contribution in [2.24, 2.45) is 0 Å². The van der Waals surface area contributed by atoms with Crippen LogP contribution in [0, 0.1) is 10.1 Å². The van der Waals surface area contributed by atoms with E-state index in [0.29, 0.717) is 0 Å². The van der Waals surface area contributed by atoms with Gasteiger partial charge in [-0.25, -0.2) is 0 Å². The maximum Gasteiger partial charge on any atom is 0.282 e. The van der Waals surface area contributed by atoms with Gasteiger partial charge < -0.3 is 0 Å². The SMILES string of the molecule is O=C1CC(c2ccccc2)CN1C(=O)c1ccccc1[N+](=O)[O-]. The van der Waals surface area contributed by atoms with E-state index in [0.717, 1.165) is 10.5 Å². The normalized spacial score (nSPS) is 17.3. The summed E-state index contributed by atoms with van der Waals surface area (Å²) in [4.78, 5) is 36.3. The van der Waals surface area contributed by atoms with Crippen molar-refractivity contribution in [3.05, 3.63) is 75.8 Å². The van der Waals surface area contributed by atoms with Gasteiger partial charge in [0, 0.05) is 24.9 Å². The molecule has 2 amide bonds. The molecule has 1 aliphatic rings. The smallest absolute Gasteiger partial charge is 0.278 e. The first-order chi connectivity index (χ1) is 11.1.